The molecular weight excluding hydrogens is 390 g/mol. The normalized spacial score (nSPS) is 10.7. The van der Waals surface area contributed by atoms with Crippen LogP contribution in [0.3, 0.4) is 0 Å². The van der Waals surface area contributed by atoms with Crippen molar-refractivity contribution < 1.29 is 9.90 Å². The van der Waals surface area contributed by atoms with Crippen molar-refractivity contribution in [3.8, 4) is 21.7 Å². The summed E-state index contributed by atoms with van der Waals surface area (Å²) >= 11 is 2.80. The lowest BCUT2D eigenvalue weighted by molar-refractivity contribution is -0.133. The summed E-state index contributed by atoms with van der Waals surface area (Å²) in [5.74, 6) is -0.833. The predicted molar refractivity (Wildman–Crippen MR) is 120 cm³/mol. The molecule has 0 saturated heterocycles. The SMILES string of the molecule is CN(C)c1ccc(-c2nc(SCC(=O)O)sc2-c2ccc(N(C)C)cc2)cc1. The molecule has 28 heavy (non-hydrogen) atoms. The monoisotopic (exact) mass is 413 g/mol. The highest BCUT2D eigenvalue weighted by molar-refractivity contribution is 8.01. The summed E-state index contributed by atoms with van der Waals surface area (Å²) in [4.78, 5) is 20.9. The number of carboxylic acid groups (broad SMARTS) is 1. The number of aliphatic carboxylic acids is 1. The van der Waals surface area contributed by atoms with Gasteiger partial charge in [0, 0.05) is 45.1 Å². The molecule has 0 aliphatic rings. The summed E-state index contributed by atoms with van der Waals surface area (Å²) in [6.45, 7) is 0. The van der Waals surface area contributed by atoms with Gasteiger partial charge < -0.3 is 14.9 Å². The predicted octanol–water partition coefficient (Wildman–Crippen LogP) is 4.79. The molecule has 0 bridgehead atoms. The van der Waals surface area contributed by atoms with Gasteiger partial charge >= 0.3 is 5.97 Å². The van der Waals surface area contributed by atoms with E-state index in [1.807, 2.05) is 28.2 Å². The number of aromatic nitrogens is 1. The van der Waals surface area contributed by atoms with Crippen molar-refractivity contribution in [3.05, 3.63) is 48.5 Å². The van der Waals surface area contributed by atoms with Crippen LogP contribution in [0.2, 0.25) is 0 Å². The molecule has 146 valence electrons. The number of hydrogen-bond acceptors (Lipinski definition) is 6. The molecule has 0 aliphatic carbocycles. The second-order valence-corrected chi connectivity index (χ2v) is 8.94. The van der Waals surface area contributed by atoms with Crippen LogP contribution in [0, 0.1) is 0 Å². The summed E-state index contributed by atoms with van der Waals surface area (Å²) in [5, 5.41) is 9.00. The Morgan fingerprint density at radius 3 is 1.89 bits per heavy atom. The first-order valence-electron chi connectivity index (χ1n) is 8.76. The summed E-state index contributed by atoms with van der Waals surface area (Å²) in [7, 11) is 8.05. The standard InChI is InChI=1S/C21H23N3O2S2/c1-23(2)16-9-5-14(6-10-16)19-20(28-21(22-19)27-13-18(25)26)15-7-11-17(12-8-15)24(3)4/h5-12H,13H2,1-4H3,(H,25,26). The molecule has 5 nitrogen and oxygen atoms in total. The Morgan fingerprint density at radius 2 is 1.43 bits per heavy atom. The van der Waals surface area contributed by atoms with Gasteiger partial charge in [-0.15, -0.1) is 11.3 Å². The lowest BCUT2D eigenvalue weighted by Gasteiger charge is -2.13. The third-order valence-corrected chi connectivity index (χ3v) is 6.46. The highest BCUT2D eigenvalue weighted by Crippen LogP contribution is 2.41. The quantitative estimate of drug-likeness (QED) is 0.562. The smallest absolute Gasteiger partial charge is 0.313 e. The Labute approximate surface area is 173 Å². The van der Waals surface area contributed by atoms with Gasteiger partial charge in [-0.3, -0.25) is 4.79 Å². The highest BCUT2D eigenvalue weighted by Gasteiger charge is 2.16. The average molecular weight is 414 g/mol. The molecule has 0 aliphatic heterocycles. The number of carboxylic acids is 1. The van der Waals surface area contributed by atoms with Crippen molar-refractivity contribution in [2.75, 3.05) is 43.7 Å². The number of benzene rings is 2. The number of nitrogens with zero attached hydrogens (tertiary/aromatic N) is 3. The molecule has 2 aromatic carbocycles. The van der Waals surface area contributed by atoms with E-state index in [2.05, 4.69) is 58.3 Å². The van der Waals surface area contributed by atoms with Crippen molar-refractivity contribution in [2.45, 2.75) is 4.34 Å². The number of hydrogen-bond donors (Lipinski definition) is 1. The van der Waals surface area contributed by atoms with Gasteiger partial charge in [0.15, 0.2) is 4.34 Å². The lowest BCUT2D eigenvalue weighted by Crippen LogP contribution is -2.08. The minimum atomic E-state index is -0.839. The molecule has 3 rings (SSSR count). The Kier molecular flexibility index (Phi) is 6.26. The van der Waals surface area contributed by atoms with Gasteiger partial charge in [-0.25, -0.2) is 4.98 Å². The summed E-state index contributed by atoms with van der Waals surface area (Å²) in [6, 6.07) is 16.6. The Morgan fingerprint density at radius 1 is 0.929 bits per heavy atom. The zero-order valence-corrected chi connectivity index (χ0v) is 18.0. The van der Waals surface area contributed by atoms with Crippen LogP contribution in [0.15, 0.2) is 52.9 Å². The number of anilines is 2. The van der Waals surface area contributed by atoms with Gasteiger partial charge in [-0.2, -0.15) is 0 Å². The van der Waals surface area contributed by atoms with E-state index in [4.69, 9.17) is 10.1 Å². The van der Waals surface area contributed by atoms with E-state index in [1.165, 1.54) is 23.1 Å². The van der Waals surface area contributed by atoms with Crippen molar-refractivity contribution in [3.63, 3.8) is 0 Å². The van der Waals surface area contributed by atoms with E-state index in [-0.39, 0.29) is 5.75 Å². The first kappa shape index (κ1) is 20.2. The third-order valence-electron chi connectivity index (χ3n) is 4.23. The maximum atomic E-state index is 11.0. The van der Waals surface area contributed by atoms with Gasteiger partial charge in [0.05, 0.1) is 16.3 Å². The molecule has 7 heteroatoms. The second kappa shape index (κ2) is 8.67. The Balaban J connectivity index is 2.02. The molecule has 0 atom stereocenters. The maximum absolute atomic E-state index is 11.0. The molecule has 0 spiro atoms. The van der Waals surface area contributed by atoms with E-state index < -0.39 is 5.97 Å². The minimum Gasteiger partial charge on any atom is -0.481 e. The lowest BCUT2D eigenvalue weighted by atomic mass is 10.1. The first-order chi connectivity index (χ1) is 13.3. The van der Waals surface area contributed by atoms with Crippen LogP contribution in [0.25, 0.3) is 21.7 Å². The number of rotatable bonds is 7. The number of thioether (sulfide) groups is 1. The maximum Gasteiger partial charge on any atom is 0.313 e. The molecule has 1 heterocycles. The van der Waals surface area contributed by atoms with Crippen LogP contribution in [0.1, 0.15) is 0 Å². The second-order valence-electron chi connectivity index (χ2n) is 6.72. The van der Waals surface area contributed by atoms with Gasteiger partial charge in [-0.05, 0) is 29.8 Å². The number of carbonyl (C=O) groups is 1. The summed E-state index contributed by atoms with van der Waals surface area (Å²) < 4.78 is 0.765. The fourth-order valence-corrected chi connectivity index (χ4v) is 4.60. The summed E-state index contributed by atoms with van der Waals surface area (Å²) in [5.41, 5.74) is 5.25. The zero-order chi connectivity index (χ0) is 20.3. The van der Waals surface area contributed by atoms with Crippen LogP contribution in [0.4, 0.5) is 11.4 Å². The van der Waals surface area contributed by atoms with Crippen LogP contribution in [-0.4, -0.2) is 50.0 Å². The average Bonchev–Trinajstić information content (AvgIpc) is 3.11. The largest absolute Gasteiger partial charge is 0.481 e. The molecule has 1 N–H and O–H groups in total. The van der Waals surface area contributed by atoms with Gasteiger partial charge in [0.1, 0.15) is 0 Å². The fourth-order valence-electron chi connectivity index (χ4n) is 2.71. The highest BCUT2D eigenvalue weighted by atomic mass is 32.2. The van der Waals surface area contributed by atoms with E-state index in [1.54, 1.807) is 0 Å². The molecule has 0 saturated carbocycles. The Hall–Kier alpha value is -2.51. The third kappa shape index (κ3) is 4.66. The number of thiazole rings is 1. The molecule has 0 radical (unpaired) electrons. The molecule has 3 aromatic rings. The zero-order valence-electron chi connectivity index (χ0n) is 16.3. The van der Waals surface area contributed by atoms with Gasteiger partial charge in [0.2, 0.25) is 0 Å². The van der Waals surface area contributed by atoms with Gasteiger partial charge in [0.25, 0.3) is 0 Å². The van der Waals surface area contributed by atoms with Crippen molar-refractivity contribution in [1.29, 1.82) is 0 Å². The molecular formula is C21H23N3O2S2. The van der Waals surface area contributed by atoms with Crippen molar-refractivity contribution in [2.24, 2.45) is 0 Å². The van der Waals surface area contributed by atoms with Gasteiger partial charge in [-0.1, -0.05) is 36.0 Å². The van der Waals surface area contributed by atoms with E-state index in [0.29, 0.717) is 0 Å². The molecule has 0 amide bonds. The van der Waals surface area contributed by atoms with E-state index in [9.17, 15) is 4.79 Å². The van der Waals surface area contributed by atoms with Crippen LogP contribution in [0.5, 0.6) is 0 Å². The Bertz CT molecular complexity index is 880. The van der Waals surface area contributed by atoms with E-state index in [0.717, 1.165) is 37.4 Å². The van der Waals surface area contributed by atoms with Crippen LogP contribution >= 0.6 is 23.1 Å². The topological polar surface area (TPSA) is 56.7 Å². The fraction of sp³-hybridized carbons (Fsp3) is 0.238. The minimum absolute atomic E-state index is 0.00548. The van der Waals surface area contributed by atoms with Crippen LogP contribution < -0.4 is 9.80 Å². The first-order valence-corrected chi connectivity index (χ1v) is 10.6. The molecule has 0 unspecified atom stereocenters. The van der Waals surface area contributed by atoms with Crippen LogP contribution in [-0.2, 0) is 4.79 Å². The van der Waals surface area contributed by atoms with E-state index >= 15 is 0 Å². The van der Waals surface area contributed by atoms with Crippen molar-refractivity contribution in [1.82, 2.24) is 4.98 Å². The summed E-state index contributed by atoms with van der Waals surface area (Å²) in [6.07, 6.45) is 0. The molecule has 1 aromatic heterocycles. The molecule has 0 fully saturated rings. The van der Waals surface area contributed by atoms with Crippen molar-refractivity contribution >= 4 is 40.4 Å².